The number of benzene rings is 2. The third-order valence-corrected chi connectivity index (χ3v) is 2.70. The summed E-state index contributed by atoms with van der Waals surface area (Å²) in [5.41, 5.74) is 7.11. The van der Waals surface area contributed by atoms with Crippen molar-refractivity contribution >= 4 is 22.4 Å². The second-order valence-electron chi connectivity index (χ2n) is 3.73. The van der Waals surface area contributed by atoms with Crippen LogP contribution in [0.1, 0.15) is 11.1 Å². The maximum absolute atomic E-state index is 13.1. The molecule has 0 amide bonds. The average Bonchev–Trinajstić information content (AvgIpc) is 2.52. The summed E-state index contributed by atoms with van der Waals surface area (Å²) in [5, 5.41) is 9.28. The number of nitrogens with two attached hydrogens (primary N) is 1. The van der Waals surface area contributed by atoms with Gasteiger partial charge in [-0.3, -0.25) is 5.41 Å². The molecular weight excluding hydrogens is 205 g/mol. The number of rotatable bonds is 0. The van der Waals surface area contributed by atoms with E-state index < -0.39 is 0 Å². The topological polar surface area (TPSA) is 62.2 Å². The van der Waals surface area contributed by atoms with Crippen molar-refractivity contribution in [2.75, 3.05) is 0 Å². The van der Waals surface area contributed by atoms with Crippen LogP contribution in [0.3, 0.4) is 0 Å². The SMILES string of the molecule is N=C1N=C(N)c2cc3ccc(F)cc3cc21. The monoisotopic (exact) mass is 213 g/mol. The first kappa shape index (κ1) is 9.03. The molecule has 0 aromatic heterocycles. The fourth-order valence-electron chi connectivity index (χ4n) is 1.92. The maximum atomic E-state index is 13.1. The van der Waals surface area contributed by atoms with Gasteiger partial charge >= 0.3 is 0 Å². The highest BCUT2D eigenvalue weighted by atomic mass is 19.1. The molecule has 4 heteroatoms. The molecule has 2 aromatic rings. The summed E-state index contributed by atoms with van der Waals surface area (Å²) < 4.78 is 13.1. The summed E-state index contributed by atoms with van der Waals surface area (Å²) in [6, 6.07) is 8.13. The Morgan fingerprint density at radius 3 is 2.62 bits per heavy atom. The smallest absolute Gasteiger partial charge is 0.154 e. The maximum Gasteiger partial charge on any atom is 0.154 e. The van der Waals surface area contributed by atoms with Crippen LogP contribution in [0.4, 0.5) is 4.39 Å². The summed E-state index contributed by atoms with van der Waals surface area (Å²) in [5.74, 6) is 0.204. The van der Waals surface area contributed by atoms with Gasteiger partial charge in [0, 0.05) is 11.1 Å². The molecular formula is C12H8FN3. The number of hydrogen-bond donors (Lipinski definition) is 2. The fraction of sp³-hybridized carbons (Fsp3) is 0. The number of nitrogens with one attached hydrogen (secondary N) is 1. The lowest BCUT2D eigenvalue weighted by Crippen LogP contribution is -2.10. The van der Waals surface area contributed by atoms with Crippen LogP contribution in [0.2, 0.25) is 0 Å². The van der Waals surface area contributed by atoms with Gasteiger partial charge in [-0.25, -0.2) is 9.38 Å². The molecule has 0 atom stereocenters. The molecule has 3 N–H and O–H groups in total. The van der Waals surface area contributed by atoms with Gasteiger partial charge in [0.05, 0.1) is 0 Å². The van der Waals surface area contributed by atoms with Crippen LogP contribution < -0.4 is 5.73 Å². The molecule has 1 aliphatic rings. The number of halogens is 1. The van der Waals surface area contributed by atoms with E-state index in [-0.39, 0.29) is 11.7 Å². The number of hydrogen-bond acceptors (Lipinski definition) is 2. The molecule has 0 saturated carbocycles. The number of amidine groups is 2. The van der Waals surface area contributed by atoms with Gasteiger partial charge in [0.15, 0.2) is 5.84 Å². The quantitative estimate of drug-likeness (QED) is 0.691. The number of nitrogens with zero attached hydrogens (tertiary/aromatic N) is 1. The van der Waals surface area contributed by atoms with Crippen molar-refractivity contribution in [3.05, 3.63) is 47.3 Å². The summed E-state index contributed by atoms with van der Waals surface area (Å²) >= 11 is 0. The van der Waals surface area contributed by atoms with E-state index in [0.29, 0.717) is 11.4 Å². The highest BCUT2D eigenvalue weighted by molar-refractivity contribution is 6.22. The van der Waals surface area contributed by atoms with Crippen molar-refractivity contribution < 1.29 is 4.39 Å². The zero-order valence-electron chi connectivity index (χ0n) is 8.29. The largest absolute Gasteiger partial charge is 0.383 e. The predicted octanol–water partition coefficient (Wildman–Crippen LogP) is 2.02. The molecule has 1 heterocycles. The summed E-state index contributed by atoms with van der Waals surface area (Å²) in [6.45, 7) is 0. The van der Waals surface area contributed by atoms with Crippen molar-refractivity contribution in [3.63, 3.8) is 0 Å². The third-order valence-electron chi connectivity index (χ3n) is 2.70. The van der Waals surface area contributed by atoms with Gasteiger partial charge in [-0.1, -0.05) is 6.07 Å². The zero-order chi connectivity index (χ0) is 11.3. The van der Waals surface area contributed by atoms with E-state index >= 15 is 0 Å². The molecule has 16 heavy (non-hydrogen) atoms. The van der Waals surface area contributed by atoms with Gasteiger partial charge < -0.3 is 5.73 Å². The molecule has 0 aliphatic carbocycles. The van der Waals surface area contributed by atoms with Gasteiger partial charge in [0.25, 0.3) is 0 Å². The van der Waals surface area contributed by atoms with E-state index in [1.165, 1.54) is 12.1 Å². The van der Waals surface area contributed by atoms with E-state index in [1.54, 1.807) is 12.1 Å². The Balaban J connectivity index is 2.38. The minimum Gasteiger partial charge on any atom is -0.383 e. The molecule has 78 valence electrons. The average molecular weight is 213 g/mol. The first-order chi connectivity index (χ1) is 7.65. The lowest BCUT2D eigenvalue weighted by atomic mass is 10.0. The predicted molar refractivity (Wildman–Crippen MR) is 61.5 cm³/mol. The lowest BCUT2D eigenvalue weighted by Gasteiger charge is -2.03. The van der Waals surface area contributed by atoms with Gasteiger partial charge in [0.2, 0.25) is 0 Å². The van der Waals surface area contributed by atoms with Gasteiger partial charge in [-0.2, -0.15) is 0 Å². The Morgan fingerprint density at radius 2 is 1.81 bits per heavy atom. The number of aliphatic imine (C=N–C) groups is 1. The third kappa shape index (κ3) is 1.13. The molecule has 0 fully saturated rings. The molecule has 0 bridgehead atoms. The van der Waals surface area contributed by atoms with Crippen molar-refractivity contribution in [2.45, 2.75) is 0 Å². The molecule has 0 spiro atoms. The molecule has 0 saturated heterocycles. The van der Waals surface area contributed by atoms with Crippen LogP contribution in [-0.4, -0.2) is 11.7 Å². The summed E-state index contributed by atoms with van der Waals surface area (Å²) in [7, 11) is 0. The molecule has 0 unspecified atom stereocenters. The van der Waals surface area contributed by atoms with Crippen LogP contribution in [0.5, 0.6) is 0 Å². The Bertz CT molecular complexity index is 659. The Hall–Kier alpha value is -2.23. The summed E-state index contributed by atoms with van der Waals surface area (Å²) in [4.78, 5) is 3.89. The van der Waals surface area contributed by atoms with Gasteiger partial charge in [-0.05, 0) is 35.0 Å². The molecule has 1 aliphatic heterocycles. The van der Waals surface area contributed by atoms with E-state index in [0.717, 1.165) is 16.3 Å². The second kappa shape index (κ2) is 2.88. The van der Waals surface area contributed by atoms with E-state index in [9.17, 15) is 4.39 Å². The summed E-state index contributed by atoms with van der Waals surface area (Å²) in [6.07, 6.45) is 0. The van der Waals surface area contributed by atoms with Crippen LogP contribution in [0.25, 0.3) is 10.8 Å². The van der Waals surface area contributed by atoms with Crippen molar-refractivity contribution in [2.24, 2.45) is 10.7 Å². The Morgan fingerprint density at radius 1 is 1.06 bits per heavy atom. The first-order valence-electron chi connectivity index (χ1n) is 4.82. The van der Waals surface area contributed by atoms with Crippen molar-refractivity contribution in [3.8, 4) is 0 Å². The minimum absolute atomic E-state index is 0.138. The second-order valence-corrected chi connectivity index (χ2v) is 3.73. The minimum atomic E-state index is -0.286. The highest BCUT2D eigenvalue weighted by Gasteiger charge is 2.18. The van der Waals surface area contributed by atoms with E-state index in [2.05, 4.69) is 4.99 Å². The molecule has 3 rings (SSSR count). The fourth-order valence-corrected chi connectivity index (χ4v) is 1.92. The standard InChI is InChI=1S/C12H8FN3/c13-8-2-1-6-4-9-10(5-7(6)3-8)12(15)16-11(9)14/h1-5H,(H3,14,15,16). The normalized spacial score (nSPS) is 14.1. The van der Waals surface area contributed by atoms with Crippen molar-refractivity contribution in [1.29, 1.82) is 5.41 Å². The van der Waals surface area contributed by atoms with Crippen LogP contribution in [0, 0.1) is 11.2 Å². The highest BCUT2D eigenvalue weighted by Crippen LogP contribution is 2.24. The number of fused-ring (bicyclic) bond motifs is 2. The lowest BCUT2D eigenvalue weighted by molar-refractivity contribution is 0.630. The van der Waals surface area contributed by atoms with E-state index in [4.69, 9.17) is 11.1 Å². The van der Waals surface area contributed by atoms with Gasteiger partial charge in [-0.15, -0.1) is 0 Å². The Labute approximate surface area is 90.9 Å². The molecule has 3 nitrogen and oxygen atoms in total. The van der Waals surface area contributed by atoms with Crippen LogP contribution in [0.15, 0.2) is 35.3 Å². The Kier molecular flexibility index (Phi) is 1.63. The van der Waals surface area contributed by atoms with Crippen LogP contribution in [-0.2, 0) is 0 Å². The molecule has 2 aromatic carbocycles. The van der Waals surface area contributed by atoms with Crippen molar-refractivity contribution in [1.82, 2.24) is 0 Å². The first-order valence-corrected chi connectivity index (χ1v) is 4.82. The van der Waals surface area contributed by atoms with Crippen LogP contribution >= 0.6 is 0 Å². The molecule has 0 radical (unpaired) electrons. The van der Waals surface area contributed by atoms with E-state index in [1.807, 2.05) is 6.07 Å². The zero-order valence-corrected chi connectivity index (χ0v) is 8.29. The van der Waals surface area contributed by atoms with Gasteiger partial charge in [0.1, 0.15) is 11.7 Å².